The molecule has 1 heterocycles. The first-order valence-corrected chi connectivity index (χ1v) is 27.0. The summed E-state index contributed by atoms with van der Waals surface area (Å²) in [5.74, 6) is -0.217. The summed E-state index contributed by atoms with van der Waals surface area (Å²) in [5.41, 5.74) is 0. The van der Waals surface area contributed by atoms with Gasteiger partial charge in [0.2, 0.25) is 5.91 Å². The maximum atomic E-state index is 13.0. The molecule has 1 saturated heterocycles. The van der Waals surface area contributed by atoms with Gasteiger partial charge in [0.1, 0.15) is 24.4 Å². The van der Waals surface area contributed by atoms with Gasteiger partial charge in [-0.25, -0.2) is 0 Å². The molecular formula is C56H101NO8. The van der Waals surface area contributed by atoms with Crippen LogP contribution in [0.4, 0.5) is 0 Å². The molecule has 0 saturated carbocycles. The second kappa shape index (κ2) is 45.7. The van der Waals surface area contributed by atoms with Crippen LogP contribution in [-0.4, -0.2) is 87.5 Å². The molecule has 1 fully saturated rings. The van der Waals surface area contributed by atoms with Gasteiger partial charge in [0.15, 0.2) is 6.29 Å². The first-order chi connectivity index (χ1) is 31.8. The maximum Gasteiger partial charge on any atom is 0.220 e. The lowest BCUT2D eigenvalue weighted by molar-refractivity contribution is -0.302. The Balaban J connectivity index is 2.23. The number of rotatable bonds is 45. The molecule has 1 amide bonds. The number of nitrogens with one attached hydrogen (secondary N) is 1. The van der Waals surface area contributed by atoms with Crippen molar-refractivity contribution in [1.29, 1.82) is 0 Å². The van der Waals surface area contributed by atoms with E-state index in [1.807, 2.05) is 6.08 Å². The van der Waals surface area contributed by atoms with E-state index >= 15 is 0 Å². The minimum absolute atomic E-state index is 0.215. The topological polar surface area (TPSA) is 149 Å². The number of ether oxygens (including phenoxy) is 2. The van der Waals surface area contributed by atoms with Crippen LogP contribution in [0.1, 0.15) is 232 Å². The molecular weight excluding hydrogens is 815 g/mol. The minimum Gasteiger partial charge on any atom is -0.394 e. The molecule has 9 heteroatoms. The molecule has 1 aliphatic heterocycles. The number of carbonyl (C=O) groups is 1. The molecule has 0 bridgehead atoms. The van der Waals surface area contributed by atoms with Crippen molar-refractivity contribution in [2.24, 2.45) is 0 Å². The largest absolute Gasteiger partial charge is 0.394 e. The van der Waals surface area contributed by atoms with Crippen LogP contribution in [0, 0.1) is 0 Å². The summed E-state index contributed by atoms with van der Waals surface area (Å²) >= 11 is 0. The van der Waals surface area contributed by atoms with E-state index in [4.69, 9.17) is 9.47 Å². The average Bonchev–Trinajstić information content (AvgIpc) is 3.31. The molecule has 378 valence electrons. The van der Waals surface area contributed by atoms with Crippen LogP contribution in [-0.2, 0) is 14.3 Å². The Morgan fingerprint density at radius 2 is 0.969 bits per heavy atom. The number of hydrogen-bond donors (Lipinski definition) is 6. The summed E-state index contributed by atoms with van der Waals surface area (Å²) < 4.78 is 11.2. The number of carbonyl (C=O) groups excluding carboxylic acids is 1. The van der Waals surface area contributed by atoms with Crippen molar-refractivity contribution in [3.8, 4) is 0 Å². The molecule has 7 atom stereocenters. The van der Waals surface area contributed by atoms with E-state index in [-0.39, 0.29) is 12.5 Å². The van der Waals surface area contributed by atoms with Gasteiger partial charge in [-0.05, 0) is 64.2 Å². The van der Waals surface area contributed by atoms with E-state index in [9.17, 15) is 30.3 Å². The Hall–Kier alpha value is -2.11. The first-order valence-electron chi connectivity index (χ1n) is 27.0. The molecule has 0 aliphatic carbocycles. The van der Waals surface area contributed by atoms with Gasteiger partial charge in [-0.3, -0.25) is 4.79 Å². The number of aliphatic hydroxyl groups excluding tert-OH is 5. The van der Waals surface area contributed by atoms with Crippen LogP contribution in [0.3, 0.4) is 0 Å². The highest BCUT2D eigenvalue weighted by Gasteiger charge is 2.44. The van der Waals surface area contributed by atoms with Crippen molar-refractivity contribution in [3.63, 3.8) is 0 Å². The third-order valence-electron chi connectivity index (χ3n) is 12.6. The normalized spacial score (nSPS) is 20.4. The van der Waals surface area contributed by atoms with Crippen LogP contribution in [0.15, 0.2) is 60.8 Å². The molecule has 9 nitrogen and oxygen atoms in total. The maximum absolute atomic E-state index is 13.0. The Morgan fingerprint density at radius 1 is 0.538 bits per heavy atom. The second-order valence-corrected chi connectivity index (χ2v) is 18.6. The number of aliphatic hydroxyl groups is 5. The lowest BCUT2D eigenvalue weighted by Crippen LogP contribution is -2.60. The predicted octanol–water partition coefficient (Wildman–Crippen LogP) is 12.7. The van der Waals surface area contributed by atoms with Crippen molar-refractivity contribution in [1.82, 2.24) is 5.32 Å². The third-order valence-corrected chi connectivity index (χ3v) is 12.6. The van der Waals surface area contributed by atoms with Crippen molar-refractivity contribution < 1.29 is 39.8 Å². The monoisotopic (exact) mass is 916 g/mol. The summed E-state index contributed by atoms with van der Waals surface area (Å²) in [6.07, 6.45) is 54.5. The van der Waals surface area contributed by atoms with Crippen LogP contribution >= 0.6 is 0 Å². The van der Waals surface area contributed by atoms with E-state index in [1.54, 1.807) is 6.08 Å². The fourth-order valence-corrected chi connectivity index (χ4v) is 8.30. The average molecular weight is 916 g/mol. The summed E-state index contributed by atoms with van der Waals surface area (Å²) in [6, 6.07) is -0.839. The van der Waals surface area contributed by atoms with Crippen molar-refractivity contribution >= 4 is 5.91 Å². The Morgan fingerprint density at radius 3 is 1.48 bits per heavy atom. The number of hydrogen-bond acceptors (Lipinski definition) is 8. The van der Waals surface area contributed by atoms with Crippen LogP contribution in [0.25, 0.3) is 0 Å². The Kier molecular flexibility index (Phi) is 42.8. The molecule has 0 aromatic carbocycles. The quantitative estimate of drug-likeness (QED) is 0.0261. The zero-order valence-electron chi connectivity index (χ0n) is 41.7. The highest BCUT2D eigenvalue weighted by atomic mass is 16.7. The summed E-state index contributed by atoms with van der Waals surface area (Å²) in [6.45, 7) is 3.63. The van der Waals surface area contributed by atoms with Gasteiger partial charge in [0, 0.05) is 6.42 Å². The molecule has 7 unspecified atom stereocenters. The molecule has 6 N–H and O–H groups in total. The molecule has 0 aromatic heterocycles. The van der Waals surface area contributed by atoms with Crippen molar-refractivity contribution in [3.05, 3.63) is 60.8 Å². The van der Waals surface area contributed by atoms with E-state index in [0.717, 1.165) is 57.8 Å². The van der Waals surface area contributed by atoms with Crippen LogP contribution in [0.5, 0.6) is 0 Å². The highest BCUT2D eigenvalue weighted by molar-refractivity contribution is 5.76. The standard InChI is InChI=1S/C56H101NO8/c1-3-5-7-9-11-13-15-17-18-19-20-21-22-23-24-25-26-27-28-29-30-31-32-34-35-37-39-41-43-45-50(59)49(48-64-56-55(63)54(62)53(61)51(47-58)65-56)57-52(60)46-44-42-40-38-36-33-16-14-12-10-8-6-4-2/h6,8,12,14,33,35-37,43,45,49-51,53-56,58-59,61-63H,3-5,7,9-11,13,15-32,34,38-42,44,46-48H2,1-2H3,(H,57,60)/b8-6-,14-12-,36-33-,37-35+,45-43+. The first kappa shape index (κ1) is 60.9. The van der Waals surface area contributed by atoms with Crippen molar-refractivity contribution in [2.45, 2.75) is 275 Å². The van der Waals surface area contributed by atoms with Crippen LogP contribution < -0.4 is 5.32 Å². The SMILES string of the molecule is CC/C=C\C/C=C\C/C=C\CCCCCC(=O)NC(COC1OC(CO)C(O)C(O)C1O)C(O)/C=C/CC/C=C/CCCCCCCCCCCCCCCCCCCCCCCCC. The van der Waals surface area contributed by atoms with Gasteiger partial charge in [-0.2, -0.15) is 0 Å². The molecule has 0 aromatic rings. The summed E-state index contributed by atoms with van der Waals surface area (Å²) in [5, 5.41) is 54.3. The van der Waals surface area contributed by atoms with E-state index in [2.05, 4.69) is 67.8 Å². The Labute approximate surface area is 398 Å². The highest BCUT2D eigenvalue weighted by Crippen LogP contribution is 2.23. The number of amides is 1. The predicted molar refractivity (Wildman–Crippen MR) is 272 cm³/mol. The van der Waals surface area contributed by atoms with Gasteiger partial charge < -0.3 is 40.3 Å². The van der Waals surface area contributed by atoms with E-state index < -0.39 is 49.5 Å². The van der Waals surface area contributed by atoms with Gasteiger partial charge in [-0.1, -0.05) is 222 Å². The molecule has 0 spiro atoms. The van der Waals surface area contributed by atoms with Gasteiger partial charge in [0.05, 0.1) is 25.4 Å². The molecule has 0 radical (unpaired) electrons. The lowest BCUT2D eigenvalue weighted by Gasteiger charge is -2.40. The molecule has 1 aliphatic rings. The zero-order chi connectivity index (χ0) is 47.3. The van der Waals surface area contributed by atoms with Gasteiger partial charge in [-0.15, -0.1) is 0 Å². The minimum atomic E-state index is -1.58. The van der Waals surface area contributed by atoms with E-state index in [0.29, 0.717) is 12.8 Å². The van der Waals surface area contributed by atoms with Gasteiger partial charge in [0.25, 0.3) is 0 Å². The van der Waals surface area contributed by atoms with Crippen molar-refractivity contribution in [2.75, 3.05) is 13.2 Å². The second-order valence-electron chi connectivity index (χ2n) is 18.6. The zero-order valence-corrected chi connectivity index (χ0v) is 41.7. The Bertz CT molecular complexity index is 1200. The smallest absolute Gasteiger partial charge is 0.220 e. The lowest BCUT2D eigenvalue weighted by atomic mass is 9.99. The van der Waals surface area contributed by atoms with Gasteiger partial charge >= 0.3 is 0 Å². The van der Waals surface area contributed by atoms with Crippen LogP contribution in [0.2, 0.25) is 0 Å². The summed E-state index contributed by atoms with van der Waals surface area (Å²) in [7, 11) is 0. The van der Waals surface area contributed by atoms with E-state index in [1.165, 1.54) is 148 Å². The number of unbranched alkanes of at least 4 members (excludes halogenated alkanes) is 27. The third kappa shape index (κ3) is 35.7. The molecule has 1 rings (SSSR count). The fraction of sp³-hybridized carbons (Fsp3) is 0.804. The summed E-state index contributed by atoms with van der Waals surface area (Å²) in [4.78, 5) is 13.0. The molecule has 65 heavy (non-hydrogen) atoms. The fourth-order valence-electron chi connectivity index (χ4n) is 8.30. The number of allylic oxidation sites excluding steroid dienone is 9.